The van der Waals surface area contributed by atoms with Crippen LogP contribution in [0.25, 0.3) is 5.69 Å². The molecule has 1 atom stereocenters. The van der Waals surface area contributed by atoms with Gasteiger partial charge in [-0.1, -0.05) is 47.6 Å². The summed E-state index contributed by atoms with van der Waals surface area (Å²) in [4.78, 5) is 23.3. The van der Waals surface area contributed by atoms with E-state index in [0.717, 1.165) is 11.1 Å². The Morgan fingerprint density at radius 3 is 2.49 bits per heavy atom. The number of nitrogens with zero attached hydrogens (tertiary/aromatic N) is 4. The van der Waals surface area contributed by atoms with Crippen LogP contribution in [-0.2, 0) is 10.5 Å². The van der Waals surface area contributed by atoms with Crippen molar-refractivity contribution in [1.29, 1.82) is 0 Å². The monoisotopic (exact) mass is 537 g/mol. The number of ether oxygens (including phenoxy) is 1. The molecule has 1 aromatic heterocycles. The van der Waals surface area contributed by atoms with Crippen LogP contribution in [0.3, 0.4) is 0 Å². The van der Waals surface area contributed by atoms with Crippen molar-refractivity contribution in [3.05, 3.63) is 105 Å². The topological polar surface area (TPSA) is 112 Å². The predicted octanol–water partition coefficient (Wildman–Crippen LogP) is 5.69. The molecule has 3 aromatic carbocycles. The number of nitro benzene ring substituents is 1. The fraction of sp³-hybridized carbons (Fsp3) is 0.192. The minimum Gasteiger partial charge on any atom is -0.484 e. The number of hydrogen-bond acceptors (Lipinski definition) is 7. The molecule has 37 heavy (non-hydrogen) atoms. The highest BCUT2D eigenvalue weighted by Gasteiger charge is 2.22. The summed E-state index contributed by atoms with van der Waals surface area (Å²) in [5.41, 5.74) is 2.95. The minimum atomic E-state index is -0.517. The number of carbonyl (C=O) groups is 1. The first-order valence-electron chi connectivity index (χ1n) is 11.4. The average molecular weight is 538 g/mol. The molecular formula is C26H24ClN5O4S. The Balaban J connectivity index is 1.54. The zero-order valence-electron chi connectivity index (χ0n) is 20.1. The quantitative estimate of drug-likeness (QED) is 0.157. The van der Waals surface area contributed by atoms with E-state index >= 15 is 0 Å². The van der Waals surface area contributed by atoms with Crippen LogP contribution < -0.4 is 10.1 Å². The highest BCUT2D eigenvalue weighted by Crippen LogP contribution is 2.29. The van der Waals surface area contributed by atoms with Gasteiger partial charge in [-0.2, -0.15) is 0 Å². The Bertz CT molecular complexity index is 1390. The average Bonchev–Trinajstić information content (AvgIpc) is 3.32. The summed E-state index contributed by atoms with van der Waals surface area (Å²) in [5, 5.41) is 23.9. The summed E-state index contributed by atoms with van der Waals surface area (Å²) in [7, 11) is 0. The number of amides is 1. The molecule has 190 valence electrons. The molecule has 11 heteroatoms. The smallest absolute Gasteiger partial charge is 0.269 e. The van der Waals surface area contributed by atoms with Crippen molar-refractivity contribution in [2.75, 3.05) is 6.61 Å². The summed E-state index contributed by atoms with van der Waals surface area (Å²) < 4.78 is 7.34. The highest BCUT2D eigenvalue weighted by molar-refractivity contribution is 7.98. The third kappa shape index (κ3) is 6.66. The lowest BCUT2D eigenvalue weighted by Gasteiger charge is -2.16. The standard InChI is InChI=1S/C26H24ClN5O4S/c1-17-5-3-4-6-19(17)16-37-26-30-29-25(31(26)21-9-11-22(12-10-21)32(34)35)18(2)28-24(33)15-36-23-13-7-20(27)8-14-23/h3-14,18H,15-16H2,1-2H3,(H,28,33)/t18-/m0/s1. The molecule has 0 radical (unpaired) electrons. The number of thioether (sulfide) groups is 1. The van der Waals surface area contributed by atoms with Gasteiger partial charge < -0.3 is 10.1 Å². The van der Waals surface area contributed by atoms with Crippen LogP contribution in [0.1, 0.15) is 29.9 Å². The summed E-state index contributed by atoms with van der Waals surface area (Å²) in [6.07, 6.45) is 0. The van der Waals surface area contributed by atoms with Crippen molar-refractivity contribution in [2.24, 2.45) is 0 Å². The normalized spacial score (nSPS) is 11.6. The Morgan fingerprint density at radius 1 is 1.11 bits per heavy atom. The molecule has 0 aliphatic heterocycles. The van der Waals surface area contributed by atoms with E-state index in [1.165, 1.54) is 23.9 Å². The first-order valence-corrected chi connectivity index (χ1v) is 12.7. The van der Waals surface area contributed by atoms with Crippen LogP contribution in [0.15, 0.2) is 78.0 Å². The number of hydrogen-bond donors (Lipinski definition) is 1. The van der Waals surface area contributed by atoms with Crippen LogP contribution in [-0.4, -0.2) is 32.2 Å². The largest absolute Gasteiger partial charge is 0.484 e. The van der Waals surface area contributed by atoms with Crippen molar-refractivity contribution in [2.45, 2.75) is 30.8 Å². The van der Waals surface area contributed by atoms with E-state index in [4.69, 9.17) is 16.3 Å². The van der Waals surface area contributed by atoms with Crippen LogP contribution in [0.2, 0.25) is 5.02 Å². The molecule has 0 saturated carbocycles. The fourth-order valence-corrected chi connectivity index (χ4v) is 4.72. The summed E-state index contributed by atoms with van der Waals surface area (Å²) >= 11 is 7.38. The number of non-ortho nitro benzene ring substituents is 1. The van der Waals surface area contributed by atoms with Crippen LogP contribution in [0.5, 0.6) is 5.75 Å². The first kappa shape index (κ1) is 26.2. The van der Waals surface area contributed by atoms with E-state index in [2.05, 4.69) is 21.6 Å². The summed E-state index contributed by atoms with van der Waals surface area (Å²) in [6, 6.07) is 20.4. The predicted molar refractivity (Wildman–Crippen MR) is 142 cm³/mol. The van der Waals surface area contributed by atoms with Crippen LogP contribution in [0, 0.1) is 17.0 Å². The Hall–Kier alpha value is -3.89. The van der Waals surface area contributed by atoms with Gasteiger partial charge in [0.15, 0.2) is 17.6 Å². The molecule has 0 bridgehead atoms. The number of nitrogens with one attached hydrogen (secondary N) is 1. The van der Waals surface area contributed by atoms with E-state index in [0.29, 0.717) is 33.2 Å². The van der Waals surface area contributed by atoms with Crippen molar-refractivity contribution in [3.63, 3.8) is 0 Å². The maximum atomic E-state index is 12.6. The van der Waals surface area contributed by atoms with E-state index in [1.54, 1.807) is 47.9 Å². The van der Waals surface area contributed by atoms with Crippen molar-refractivity contribution < 1.29 is 14.5 Å². The number of rotatable bonds is 10. The lowest BCUT2D eigenvalue weighted by Crippen LogP contribution is -2.32. The van der Waals surface area contributed by atoms with Gasteiger partial charge in [0.05, 0.1) is 11.0 Å². The molecule has 0 aliphatic rings. The van der Waals surface area contributed by atoms with Crippen molar-refractivity contribution in [1.82, 2.24) is 20.1 Å². The minimum absolute atomic E-state index is 0.0202. The second kappa shape index (κ2) is 11.9. The molecule has 0 unspecified atom stereocenters. The van der Waals surface area contributed by atoms with E-state index < -0.39 is 11.0 Å². The SMILES string of the molecule is Cc1ccccc1CSc1nnc([C@H](C)NC(=O)COc2ccc(Cl)cc2)n1-c1ccc([N+](=O)[O-])cc1. The molecule has 0 fully saturated rings. The van der Waals surface area contributed by atoms with Gasteiger partial charge in [-0.25, -0.2) is 0 Å². The van der Waals surface area contributed by atoms with E-state index in [9.17, 15) is 14.9 Å². The Kier molecular flexibility index (Phi) is 8.42. The fourth-order valence-electron chi connectivity index (χ4n) is 3.56. The molecule has 4 rings (SSSR count). The second-order valence-corrected chi connectivity index (χ2v) is 9.58. The zero-order chi connectivity index (χ0) is 26.4. The number of carbonyl (C=O) groups excluding carboxylic acids is 1. The van der Waals surface area contributed by atoms with Gasteiger partial charge in [0.25, 0.3) is 11.6 Å². The molecule has 1 heterocycles. The number of nitro groups is 1. The third-order valence-corrected chi connectivity index (χ3v) is 6.77. The molecule has 0 aliphatic carbocycles. The van der Waals surface area contributed by atoms with Gasteiger partial charge in [-0.05, 0) is 61.4 Å². The summed E-state index contributed by atoms with van der Waals surface area (Å²) in [5.74, 6) is 1.33. The van der Waals surface area contributed by atoms with Crippen molar-refractivity contribution in [3.8, 4) is 11.4 Å². The van der Waals surface area contributed by atoms with E-state index in [1.807, 2.05) is 25.1 Å². The lowest BCUT2D eigenvalue weighted by molar-refractivity contribution is -0.384. The molecule has 1 amide bonds. The van der Waals surface area contributed by atoms with Gasteiger partial charge in [-0.3, -0.25) is 19.5 Å². The molecule has 1 N–H and O–H groups in total. The molecule has 9 nitrogen and oxygen atoms in total. The molecule has 4 aromatic rings. The molecule has 0 spiro atoms. The van der Waals surface area contributed by atoms with Crippen LogP contribution in [0.4, 0.5) is 5.69 Å². The second-order valence-electron chi connectivity index (χ2n) is 8.20. The van der Waals surface area contributed by atoms with Gasteiger partial charge in [0.1, 0.15) is 5.75 Å². The Labute approximate surface area is 223 Å². The highest BCUT2D eigenvalue weighted by atomic mass is 35.5. The first-order chi connectivity index (χ1) is 17.8. The Morgan fingerprint density at radius 2 is 1.81 bits per heavy atom. The van der Waals surface area contributed by atoms with Crippen LogP contribution >= 0.6 is 23.4 Å². The van der Waals surface area contributed by atoms with Gasteiger partial charge in [0, 0.05) is 28.6 Å². The number of aromatic nitrogens is 3. The van der Waals surface area contributed by atoms with Gasteiger partial charge in [0.2, 0.25) is 0 Å². The van der Waals surface area contributed by atoms with Gasteiger partial charge >= 0.3 is 0 Å². The summed E-state index contributed by atoms with van der Waals surface area (Å²) in [6.45, 7) is 3.65. The number of aryl methyl sites for hydroxylation is 1. The van der Waals surface area contributed by atoms with E-state index in [-0.39, 0.29) is 18.2 Å². The van der Waals surface area contributed by atoms with Gasteiger partial charge in [-0.15, -0.1) is 10.2 Å². The molecular weight excluding hydrogens is 514 g/mol. The number of halogens is 1. The maximum Gasteiger partial charge on any atom is 0.269 e. The zero-order valence-corrected chi connectivity index (χ0v) is 21.7. The maximum absolute atomic E-state index is 12.6. The third-order valence-electron chi connectivity index (χ3n) is 5.54. The lowest BCUT2D eigenvalue weighted by atomic mass is 10.1. The number of benzene rings is 3. The van der Waals surface area contributed by atoms with Crippen molar-refractivity contribution >= 4 is 35.0 Å². The molecule has 0 saturated heterocycles.